The molecule has 16 heavy (non-hydrogen) atoms. The fraction of sp³-hybridized carbons (Fsp3) is 0.333. The monoisotopic (exact) mass is 279 g/mol. The first kappa shape index (κ1) is 11.3. The highest BCUT2D eigenvalue weighted by Crippen LogP contribution is 2.22. The van der Waals surface area contributed by atoms with Gasteiger partial charge in [0.05, 0.1) is 10.2 Å². The molecule has 2 heterocycles. The maximum atomic E-state index is 4.51. The van der Waals surface area contributed by atoms with Gasteiger partial charge >= 0.3 is 0 Å². The zero-order chi connectivity index (χ0) is 11.7. The lowest BCUT2D eigenvalue weighted by Gasteiger charge is -2.05. The standard InChI is InChI=1S/C12H14BrN3/c1-8(2)10-5-7-16(15-10)12-11(13)9(3)4-6-14-12/h4-8H,1-3H3. The summed E-state index contributed by atoms with van der Waals surface area (Å²) >= 11 is 3.54. The molecular weight excluding hydrogens is 266 g/mol. The average Bonchev–Trinajstić information content (AvgIpc) is 2.71. The first-order valence-electron chi connectivity index (χ1n) is 5.26. The van der Waals surface area contributed by atoms with Crippen LogP contribution in [0.2, 0.25) is 0 Å². The summed E-state index contributed by atoms with van der Waals surface area (Å²) in [6.45, 7) is 6.30. The second kappa shape index (κ2) is 4.37. The van der Waals surface area contributed by atoms with Crippen molar-refractivity contribution >= 4 is 15.9 Å². The van der Waals surface area contributed by atoms with Gasteiger partial charge in [0, 0.05) is 12.4 Å². The fourth-order valence-corrected chi connectivity index (χ4v) is 1.87. The summed E-state index contributed by atoms with van der Waals surface area (Å²) in [6.07, 6.45) is 3.74. The van der Waals surface area contributed by atoms with Gasteiger partial charge in [-0.15, -0.1) is 0 Å². The molecule has 0 saturated carbocycles. The van der Waals surface area contributed by atoms with E-state index in [0.717, 1.165) is 21.5 Å². The topological polar surface area (TPSA) is 30.7 Å². The van der Waals surface area contributed by atoms with E-state index in [1.165, 1.54) is 0 Å². The first-order valence-corrected chi connectivity index (χ1v) is 6.06. The SMILES string of the molecule is Cc1ccnc(-n2ccc(C(C)C)n2)c1Br. The van der Waals surface area contributed by atoms with Crippen LogP contribution < -0.4 is 0 Å². The number of hydrogen-bond acceptors (Lipinski definition) is 2. The molecule has 0 bridgehead atoms. The molecule has 0 unspecified atom stereocenters. The Bertz CT molecular complexity index is 503. The Hall–Kier alpha value is -1.16. The molecule has 0 aliphatic carbocycles. The molecule has 0 aliphatic heterocycles. The number of halogens is 1. The van der Waals surface area contributed by atoms with E-state index >= 15 is 0 Å². The van der Waals surface area contributed by atoms with Crippen LogP contribution in [-0.2, 0) is 0 Å². The lowest BCUT2D eigenvalue weighted by Crippen LogP contribution is -2.01. The summed E-state index contributed by atoms with van der Waals surface area (Å²) in [5.41, 5.74) is 2.24. The van der Waals surface area contributed by atoms with Crippen molar-refractivity contribution in [1.82, 2.24) is 14.8 Å². The lowest BCUT2D eigenvalue weighted by atomic mass is 10.1. The van der Waals surface area contributed by atoms with Crippen molar-refractivity contribution in [2.24, 2.45) is 0 Å². The van der Waals surface area contributed by atoms with Gasteiger partial charge in [-0.05, 0) is 46.5 Å². The molecule has 2 aromatic rings. The van der Waals surface area contributed by atoms with Crippen LogP contribution in [-0.4, -0.2) is 14.8 Å². The summed E-state index contributed by atoms with van der Waals surface area (Å²) in [7, 11) is 0. The summed E-state index contributed by atoms with van der Waals surface area (Å²) in [6, 6.07) is 4.00. The number of nitrogens with zero attached hydrogens (tertiary/aromatic N) is 3. The molecule has 0 spiro atoms. The Labute approximate surface area is 104 Å². The van der Waals surface area contributed by atoms with Crippen LogP contribution >= 0.6 is 15.9 Å². The van der Waals surface area contributed by atoms with Crippen LogP contribution in [0.3, 0.4) is 0 Å². The van der Waals surface area contributed by atoms with Crippen molar-refractivity contribution < 1.29 is 0 Å². The molecule has 2 rings (SSSR count). The number of aryl methyl sites for hydroxylation is 1. The average molecular weight is 280 g/mol. The van der Waals surface area contributed by atoms with E-state index in [4.69, 9.17) is 0 Å². The minimum Gasteiger partial charge on any atom is -0.236 e. The highest BCUT2D eigenvalue weighted by atomic mass is 79.9. The van der Waals surface area contributed by atoms with Crippen LogP contribution in [0.15, 0.2) is 29.0 Å². The Balaban J connectivity index is 2.47. The molecule has 84 valence electrons. The summed E-state index contributed by atoms with van der Waals surface area (Å²) in [5, 5.41) is 4.51. The summed E-state index contributed by atoms with van der Waals surface area (Å²) in [5.74, 6) is 1.27. The van der Waals surface area contributed by atoms with E-state index in [9.17, 15) is 0 Å². The Kier molecular flexibility index (Phi) is 3.10. The summed E-state index contributed by atoms with van der Waals surface area (Å²) < 4.78 is 2.81. The van der Waals surface area contributed by atoms with E-state index in [1.807, 2.05) is 29.9 Å². The van der Waals surface area contributed by atoms with Gasteiger partial charge in [0.1, 0.15) is 0 Å². The van der Waals surface area contributed by atoms with Crippen molar-refractivity contribution in [3.8, 4) is 5.82 Å². The largest absolute Gasteiger partial charge is 0.236 e. The van der Waals surface area contributed by atoms with Crippen molar-refractivity contribution in [3.63, 3.8) is 0 Å². The molecule has 4 heteroatoms. The highest BCUT2D eigenvalue weighted by Gasteiger charge is 2.09. The van der Waals surface area contributed by atoms with Gasteiger partial charge in [-0.3, -0.25) is 0 Å². The minimum absolute atomic E-state index is 0.435. The molecule has 0 fully saturated rings. The van der Waals surface area contributed by atoms with Gasteiger partial charge in [-0.2, -0.15) is 5.10 Å². The van der Waals surface area contributed by atoms with Gasteiger partial charge < -0.3 is 0 Å². The normalized spacial score (nSPS) is 11.1. The number of pyridine rings is 1. The molecule has 0 amide bonds. The molecule has 0 aromatic carbocycles. The predicted molar refractivity (Wildman–Crippen MR) is 67.9 cm³/mol. The van der Waals surface area contributed by atoms with Gasteiger partial charge in [0.25, 0.3) is 0 Å². The Morgan fingerprint density at radius 2 is 2.06 bits per heavy atom. The third kappa shape index (κ3) is 2.02. The van der Waals surface area contributed by atoms with Crippen LogP contribution in [0.25, 0.3) is 5.82 Å². The van der Waals surface area contributed by atoms with E-state index in [2.05, 4.69) is 39.9 Å². The van der Waals surface area contributed by atoms with Gasteiger partial charge in [0.2, 0.25) is 0 Å². The highest BCUT2D eigenvalue weighted by molar-refractivity contribution is 9.10. The van der Waals surface area contributed by atoms with Crippen molar-refractivity contribution in [1.29, 1.82) is 0 Å². The third-order valence-corrected chi connectivity index (χ3v) is 3.46. The third-order valence-electron chi connectivity index (χ3n) is 2.48. The van der Waals surface area contributed by atoms with Gasteiger partial charge in [-0.25, -0.2) is 9.67 Å². The Morgan fingerprint density at radius 1 is 1.31 bits per heavy atom. The maximum Gasteiger partial charge on any atom is 0.167 e. The number of aromatic nitrogens is 3. The van der Waals surface area contributed by atoms with Crippen molar-refractivity contribution in [2.75, 3.05) is 0 Å². The van der Waals surface area contributed by atoms with E-state index in [1.54, 1.807) is 6.20 Å². The fourth-order valence-electron chi connectivity index (χ4n) is 1.45. The molecular formula is C12H14BrN3. The van der Waals surface area contributed by atoms with Crippen LogP contribution in [0.5, 0.6) is 0 Å². The quantitative estimate of drug-likeness (QED) is 0.843. The number of hydrogen-bond donors (Lipinski definition) is 0. The van der Waals surface area contributed by atoms with E-state index in [-0.39, 0.29) is 0 Å². The smallest absolute Gasteiger partial charge is 0.167 e. The second-order valence-corrected chi connectivity index (χ2v) is 4.90. The van der Waals surface area contributed by atoms with E-state index in [0.29, 0.717) is 5.92 Å². The molecule has 0 radical (unpaired) electrons. The molecule has 0 N–H and O–H groups in total. The van der Waals surface area contributed by atoms with Crippen LogP contribution in [0.1, 0.15) is 31.0 Å². The predicted octanol–water partition coefficient (Wildman–Crippen LogP) is 3.46. The van der Waals surface area contributed by atoms with Gasteiger partial charge in [0.15, 0.2) is 5.82 Å². The second-order valence-electron chi connectivity index (χ2n) is 4.11. The zero-order valence-corrected chi connectivity index (χ0v) is 11.2. The molecule has 0 saturated heterocycles. The lowest BCUT2D eigenvalue weighted by molar-refractivity contribution is 0.755. The summed E-state index contributed by atoms with van der Waals surface area (Å²) in [4.78, 5) is 4.34. The van der Waals surface area contributed by atoms with Crippen LogP contribution in [0.4, 0.5) is 0 Å². The van der Waals surface area contributed by atoms with E-state index < -0.39 is 0 Å². The molecule has 2 aromatic heterocycles. The molecule has 0 atom stereocenters. The van der Waals surface area contributed by atoms with Crippen molar-refractivity contribution in [3.05, 3.63) is 40.3 Å². The number of rotatable bonds is 2. The molecule has 3 nitrogen and oxygen atoms in total. The van der Waals surface area contributed by atoms with Crippen molar-refractivity contribution in [2.45, 2.75) is 26.7 Å². The minimum atomic E-state index is 0.435. The zero-order valence-electron chi connectivity index (χ0n) is 9.61. The van der Waals surface area contributed by atoms with Crippen LogP contribution in [0, 0.1) is 6.92 Å². The maximum absolute atomic E-state index is 4.51. The first-order chi connectivity index (χ1) is 7.59. The van der Waals surface area contributed by atoms with Gasteiger partial charge in [-0.1, -0.05) is 13.8 Å². The Morgan fingerprint density at radius 3 is 2.69 bits per heavy atom. The molecule has 0 aliphatic rings.